The Labute approximate surface area is 199 Å². The van der Waals surface area contributed by atoms with Crippen LogP contribution in [0.2, 0.25) is 0 Å². The topological polar surface area (TPSA) is 75.7 Å². The van der Waals surface area contributed by atoms with Gasteiger partial charge in [-0.2, -0.15) is 0 Å². The Hall–Kier alpha value is -3.22. The molecule has 1 aliphatic heterocycles. The molecular formula is C27H31FN2O4. The van der Waals surface area contributed by atoms with Crippen LogP contribution in [0.15, 0.2) is 42.5 Å². The third-order valence-corrected chi connectivity index (χ3v) is 6.73. The van der Waals surface area contributed by atoms with Crippen LogP contribution in [0.1, 0.15) is 65.7 Å². The summed E-state index contributed by atoms with van der Waals surface area (Å²) in [6.07, 6.45) is 5.86. The van der Waals surface area contributed by atoms with Crippen molar-refractivity contribution in [3.8, 4) is 0 Å². The number of esters is 1. The van der Waals surface area contributed by atoms with E-state index in [4.69, 9.17) is 4.74 Å². The first-order chi connectivity index (χ1) is 16.4. The highest BCUT2D eigenvalue weighted by molar-refractivity contribution is 5.94. The first-order valence-corrected chi connectivity index (χ1v) is 12.0. The van der Waals surface area contributed by atoms with Crippen molar-refractivity contribution in [3.63, 3.8) is 0 Å². The minimum Gasteiger partial charge on any atom is -0.455 e. The van der Waals surface area contributed by atoms with Crippen LogP contribution in [-0.4, -0.2) is 42.4 Å². The molecule has 0 radical (unpaired) electrons. The van der Waals surface area contributed by atoms with Crippen LogP contribution in [0.5, 0.6) is 0 Å². The van der Waals surface area contributed by atoms with Gasteiger partial charge in [0.25, 0.3) is 11.8 Å². The van der Waals surface area contributed by atoms with Crippen molar-refractivity contribution in [3.05, 3.63) is 70.5 Å². The minimum atomic E-state index is -0.482. The molecule has 2 aromatic carbocycles. The van der Waals surface area contributed by atoms with Gasteiger partial charge in [0.15, 0.2) is 6.61 Å². The number of ether oxygens (including phenoxy) is 1. The van der Waals surface area contributed by atoms with Crippen molar-refractivity contribution < 1.29 is 23.5 Å². The second-order valence-electron chi connectivity index (χ2n) is 9.23. The van der Waals surface area contributed by atoms with Gasteiger partial charge in [0.1, 0.15) is 5.82 Å². The number of likely N-dealkylation sites (tertiary alicyclic amines) is 1. The molecule has 6 nitrogen and oxygen atoms in total. The molecule has 34 heavy (non-hydrogen) atoms. The predicted molar refractivity (Wildman–Crippen MR) is 126 cm³/mol. The van der Waals surface area contributed by atoms with Gasteiger partial charge in [0.2, 0.25) is 0 Å². The van der Waals surface area contributed by atoms with Crippen molar-refractivity contribution in [2.45, 2.75) is 51.5 Å². The third kappa shape index (κ3) is 5.82. The lowest BCUT2D eigenvalue weighted by atomic mass is 9.89. The average molecular weight is 467 g/mol. The number of hydrogen-bond donors (Lipinski definition) is 1. The summed E-state index contributed by atoms with van der Waals surface area (Å²) < 4.78 is 18.4. The van der Waals surface area contributed by atoms with Gasteiger partial charge in [-0.05, 0) is 86.4 Å². The molecule has 4 rings (SSSR count). The van der Waals surface area contributed by atoms with E-state index in [1.807, 2.05) is 6.92 Å². The fraction of sp³-hybridized carbons (Fsp3) is 0.444. The zero-order chi connectivity index (χ0) is 24.1. The Kier molecular flexibility index (Phi) is 7.60. The number of benzene rings is 2. The molecule has 1 saturated heterocycles. The quantitative estimate of drug-likeness (QED) is 0.654. The molecule has 0 aromatic heterocycles. The van der Waals surface area contributed by atoms with Gasteiger partial charge in [0, 0.05) is 18.7 Å². The van der Waals surface area contributed by atoms with E-state index in [1.165, 1.54) is 48.2 Å². The van der Waals surface area contributed by atoms with Crippen molar-refractivity contribution in [2.24, 2.45) is 5.92 Å². The van der Waals surface area contributed by atoms with E-state index in [1.54, 1.807) is 4.90 Å². The summed E-state index contributed by atoms with van der Waals surface area (Å²) in [7, 11) is 0. The van der Waals surface area contributed by atoms with Crippen molar-refractivity contribution in [2.75, 3.05) is 19.7 Å². The van der Waals surface area contributed by atoms with Gasteiger partial charge in [-0.3, -0.25) is 14.4 Å². The summed E-state index contributed by atoms with van der Waals surface area (Å²) in [5.74, 6) is -1.96. The summed E-state index contributed by atoms with van der Waals surface area (Å²) in [5.41, 5.74) is 4.17. The molecule has 1 aliphatic carbocycles. The van der Waals surface area contributed by atoms with Gasteiger partial charge in [-0.1, -0.05) is 18.2 Å². The Bertz CT molecular complexity index is 1050. The van der Waals surface area contributed by atoms with Crippen molar-refractivity contribution >= 4 is 17.8 Å². The number of aryl methyl sites for hydroxylation is 2. The lowest BCUT2D eigenvalue weighted by molar-refractivity contribution is -0.154. The van der Waals surface area contributed by atoms with E-state index >= 15 is 0 Å². The molecule has 180 valence electrons. The minimum absolute atomic E-state index is 0.183. The molecule has 2 aromatic rings. The maximum atomic E-state index is 13.1. The monoisotopic (exact) mass is 466 g/mol. The molecule has 2 amide bonds. The van der Waals surface area contributed by atoms with Crippen LogP contribution in [0, 0.1) is 11.7 Å². The lowest BCUT2D eigenvalue weighted by Gasteiger charge is -2.31. The van der Waals surface area contributed by atoms with Gasteiger partial charge in [0.05, 0.1) is 12.0 Å². The van der Waals surface area contributed by atoms with Crippen LogP contribution in [0.3, 0.4) is 0 Å². The van der Waals surface area contributed by atoms with Crippen molar-refractivity contribution in [1.29, 1.82) is 0 Å². The van der Waals surface area contributed by atoms with Crippen LogP contribution < -0.4 is 5.32 Å². The fourth-order valence-corrected chi connectivity index (χ4v) is 4.77. The first kappa shape index (κ1) is 23.9. The number of nitrogens with one attached hydrogen (secondary N) is 1. The number of carbonyl (C=O) groups is 3. The normalized spacial score (nSPS) is 18.5. The summed E-state index contributed by atoms with van der Waals surface area (Å²) in [5, 5.41) is 2.90. The van der Waals surface area contributed by atoms with E-state index < -0.39 is 17.7 Å². The number of halogens is 1. The van der Waals surface area contributed by atoms with Gasteiger partial charge >= 0.3 is 5.97 Å². The van der Waals surface area contributed by atoms with E-state index in [0.717, 1.165) is 18.4 Å². The second kappa shape index (κ2) is 10.8. The molecule has 1 heterocycles. The molecule has 0 saturated carbocycles. The summed E-state index contributed by atoms with van der Waals surface area (Å²) >= 11 is 0. The summed E-state index contributed by atoms with van der Waals surface area (Å²) in [6, 6.07) is 11.5. The molecule has 7 heteroatoms. The average Bonchev–Trinajstić information content (AvgIpc) is 2.87. The van der Waals surface area contributed by atoms with Crippen molar-refractivity contribution in [1.82, 2.24) is 10.2 Å². The Morgan fingerprint density at radius 2 is 1.79 bits per heavy atom. The summed E-state index contributed by atoms with van der Waals surface area (Å²) in [4.78, 5) is 39.2. The number of amides is 2. The molecule has 1 fully saturated rings. The van der Waals surface area contributed by atoms with Crippen LogP contribution in [0.25, 0.3) is 0 Å². The second-order valence-corrected chi connectivity index (χ2v) is 9.23. The molecule has 0 spiro atoms. The Balaban J connectivity index is 1.26. The molecule has 2 aliphatic rings. The fourth-order valence-electron chi connectivity index (χ4n) is 4.77. The van der Waals surface area contributed by atoms with Gasteiger partial charge < -0.3 is 15.0 Å². The molecule has 2 atom stereocenters. The van der Waals surface area contributed by atoms with E-state index in [-0.39, 0.29) is 31.0 Å². The van der Waals surface area contributed by atoms with Gasteiger partial charge in [-0.25, -0.2) is 4.39 Å². The third-order valence-electron chi connectivity index (χ3n) is 6.73. The SMILES string of the molecule is CC(NC(=O)COC(=O)C1CCCN(C(=O)c2ccc(F)cc2)C1)c1ccc2c(c1)CCCC2. The van der Waals surface area contributed by atoms with Crippen LogP contribution in [0.4, 0.5) is 4.39 Å². The zero-order valence-corrected chi connectivity index (χ0v) is 19.5. The largest absolute Gasteiger partial charge is 0.455 e. The van der Waals surface area contributed by atoms with E-state index in [0.29, 0.717) is 24.9 Å². The number of carbonyl (C=O) groups excluding carboxylic acids is 3. The molecule has 1 N–H and O–H groups in total. The number of fused-ring (bicyclic) bond motifs is 1. The number of hydrogen-bond acceptors (Lipinski definition) is 4. The highest BCUT2D eigenvalue weighted by Crippen LogP contribution is 2.25. The highest BCUT2D eigenvalue weighted by atomic mass is 19.1. The van der Waals surface area contributed by atoms with Crippen LogP contribution in [-0.2, 0) is 27.2 Å². The number of piperidine rings is 1. The maximum absolute atomic E-state index is 13.1. The smallest absolute Gasteiger partial charge is 0.311 e. The van der Waals surface area contributed by atoms with Gasteiger partial charge in [-0.15, -0.1) is 0 Å². The zero-order valence-electron chi connectivity index (χ0n) is 19.5. The lowest BCUT2D eigenvalue weighted by Crippen LogP contribution is -2.43. The Morgan fingerprint density at radius 3 is 2.56 bits per heavy atom. The summed E-state index contributed by atoms with van der Waals surface area (Å²) in [6.45, 7) is 2.32. The molecule has 2 unspecified atom stereocenters. The number of nitrogens with zero attached hydrogens (tertiary/aromatic N) is 1. The highest BCUT2D eigenvalue weighted by Gasteiger charge is 2.30. The Morgan fingerprint density at radius 1 is 1.06 bits per heavy atom. The maximum Gasteiger partial charge on any atom is 0.311 e. The molecule has 0 bridgehead atoms. The standard InChI is InChI=1S/C27H31FN2O4/c1-18(21-9-8-19-5-2-3-6-22(19)15-21)29-25(31)17-34-27(33)23-7-4-14-30(16-23)26(32)20-10-12-24(28)13-11-20/h8-13,15,18,23H,2-7,14,16-17H2,1H3,(H,29,31). The van der Waals surface area contributed by atoms with E-state index in [2.05, 4.69) is 23.5 Å². The number of rotatable bonds is 6. The molecular weight excluding hydrogens is 435 g/mol. The van der Waals surface area contributed by atoms with Crippen LogP contribution >= 0.6 is 0 Å². The van der Waals surface area contributed by atoms with E-state index in [9.17, 15) is 18.8 Å². The predicted octanol–water partition coefficient (Wildman–Crippen LogP) is 3.98. The first-order valence-electron chi connectivity index (χ1n) is 12.0.